The van der Waals surface area contributed by atoms with Crippen LogP contribution in [0.25, 0.3) is 0 Å². The molecule has 0 radical (unpaired) electrons. The number of benzene rings is 1. The van der Waals surface area contributed by atoms with E-state index in [1.807, 2.05) is 0 Å². The van der Waals surface area contributed by atoms with Crippen LogP contribution >= 0.6 is 39.7 Å². The molecule has 76 valence electrons. The van der Waals surface area contributed by atoms with Gasteiger partial charge in [0, 0.05) is 4.47 Å². The molecule has 14 heavy (non-hydrogen) atoms. The Morgan fingerprint density at radius 3 is 2.71 bits per heavy atom. The molecule has 0 aliphatic heterocycles. The summed E-state index contributed by atoms with van der Waals surface area (Å²) in [6, 6.07) is 2.45. The molecule has 1 rings (SSSR count). The van der Waals surface area contributed by atoms with E-state index in [1.54, 1.807) is 0 Å². The minimum Gasteiger partial charge on any atom is -0.330 e. The first-order valence-corrected chi connectivity index (χ1v) is 5.04. The third-order valence-corrected chi connectivity index (χ3v) is 2.52. The second-order valence-electron chi connectivity index (χ2n) is 2.34. The summed E-state index contributed by atoms with van der Waals surface area (Å²) in [6.07, 6.45) is 0. The maximum Gasteiger partial charge on any atom is 0.185 e. The lowest BCUT2D eigenvalue weighted by molar-refractivity contribution is 0.627. The first kappa shape index (κ1) is 11.6. The van der Waals surface area contributed by atoms with E-state index in [2.05, 4.69) is 26.7 Å². The van der Waals surface area contributed by atoms with Crippen LogP contribution in [0.4, 0.5) is 10.1 Å². The highest BCUT2D eigenvalue weighted by atomic mass is 79.9. The maximum absolute atomic E-state index is 12.8. The van der Waals surface area contributed by atoms with Gasteiger partial charge in [0.2, 0.25) is 0 Å². The summed E-state index contributed by atoms with van der Waals surface area (Å²) in [7, 11) is 0. The highest BCUT2D eigenvalue weighted by Gasteiger charge is 2.08. The molecule has 0 aliphatic rings. The lowest BCUT2D eigenvalue weighted by Gasteiger charge is -2.10. The number of rotatable bonds is 1. The largest absolute Gasteiger partial charge is 0.330 e. The summed E-state index contributed by atoms with van der Waals surface area (Å²) in [5, 5.41) is 3.12. The van der Waals surface area contributed by atoms with E-state index >= 15 is 0 Å². The fourth-order valence-electron chi connectivity index (χ4n) is 0.811. The first-order chi connectivity index (χ1) is 6.54. The zero-order valence-corrected chi connectivity index (χ0v) is 9.93. The van der Waals surface area contributed by atoms with Gasteiger partial charge in [-0.25, -0.2) is 10.2 Å². The molecule has 0 fully saturated rings. The Labute approximate surface area is 98.9 Å². The van der Waals surface area contributed by atoms with Gasteiger partial charge in [-0.15, -0.1) is 0 Å². The van der Waals surface area contributed by atoms with E-state index in [4.69, 9.17) is 29.7 Å². The van der Waals surface area contributed by atoms with Crippen LogP contribution in [0.2, 0.25) is 5.02 Å². The molecular formula is C7H6BrClFN3S. The van der Waals surface area contributed by atoms with Gasteiger partial charge in [0.15, 0.2) is 5.11 Å². The van der Waals surface area contributed by atoms with Crippen LogP contribution in [-0.4, -0.2) is 5.11 Å². The zero-order chi connectivity index (χ0) is 10.7. The Morgan fingerprint density at radius 2 is 2.21 bits per heavy atom. The van der Waals surface area contributed by atoms with Crippen molar-refractivity contribution in [3.63, 3.8) is 0 Å². The summed E-state index contributed by atoms with van der Waals surface area (Å²) in [5.41, 5.74) is 2.70. The van der Waals surface area contributed by atoms with Crippen molar-refractivity contribution in [3.05, 3.63) is 27.4 Å². The van der Waals surface area contributed by atoms with E-state index in [9.17, 15) is 4.39 Å². The van der Waals surface area contributed by atoms with Crippen LogP contribution < -0.4 is 16.6 Å². The predicted octanol–water partition coefficient (Wildman–Crippen LogP) is 2.40. The van der Waals surface area contributed by atoms with Gasteiger partial charge < -0.3 is 10.7 Å². The molecule has 0 saturated carbocycles. The second kappa shape index (κ2) is 4.88. The van der Waals surface area contributed by atoms with Gasteiger partial charge in [0.1, 0.15) is 5.82 Å². The molecule has 0 atom stereocenters. The molecule has 0 amide bonds. The van der Waals surface area contributed by atoms with Crippen molar-refractivity contribution >= 4 is 50.5 Å². The van der Waals surface area contributed by atoms with E-state index in [0.717, 1.165) is 0 Å². The number of nitrogens with one attached hydrogen (secondary N) is 2. The standard InChI is InChI=1S/C7H6BrClFN3S/c8-4-1-3(10)2-5(9)6(4)12-7(14)13-11/h1-2H,11H2,(H2,12,13,14). The molecular weight excluding hydrogens is 293 g/mol. The molecule has 0 heterocycles. The second-order valence-corrected chi connectivity index (χ2v) is 4.01. The molecule has 3 nitrogen and oxygen atoms in total. The van der Waals surface area contributed by atoms with Crippen molar-refractivity contribution in [2.45, 2.75) is 0 Å². The lowest BCUT2D eigenvalue weighted by Crippen LogP contribution is -2.34. The normalized spacial score (nSPS) is 9.71. The summed E-state index contributed by atoms with van der Waals surface area (Å²) >= 11 is 13.7. The van der Waals surface area contributed by atoms with Crippen LogP contribution in [0, 0.1) is 5.82 Å². The van der Waals surface area contributed by atoms with Crippen LogP contribution in [0.15, 0.2) is 16.6 Å². The summed E-state index contributed by atoms with van der Waals surface area (Å²) in [6.45, 7) is 0. The predicted molar refractivity (Wildman–Crippen MR) is 62.7 cm³/mol. The van der Waals surface area contributed by atoms with Crippen LogP contribution in [0.3, 0.4) is 0 Å². The average Bonchev–Trinajstić information content (AvgIpc) is 2.10. The van der Waals surface area contributed by atoms with E-state index in [0.29, 0.717) is 10.2 Å². The van der Waals surface area contributed by atoms with Gasteiger partial charge in [-0.1, -0.05) is 11.6 Å². The van der Waals surface area contributed by atoms with Gasteiger partial charge in [0.05, 0.1) is 10.7 Å². The molecule has 0 unspecified atom stereocenters. The highest BCUT2D eigenvalue weighted by molar-refractivity contribution is 9.10. The Morgan fingerprint density at radius 1 is 1.57 bits per heavy atom. The van der Waals surface area contributed by atoms with Gasteiger partial charge >= 0.3 is 0 Å². The van der Waals surface area contributed by atoms with Crippen molar-refractivity contribution in [2.24, 2.45) is 5.84 Å². The number of hydrogen-bond donors (Lipinski definition) is 3. The maximum atomic E-state index is 12.8. The van der Waals surface area contributed by atoms with Crippen molar-refractivity contribution < 1.29 is 4.39 Å². The Bertz CT molecular complexity index is 351. The lowest BCUT2D eigenvalue weighted by atomic mass is 10.3. The van der Waals surface area contributed by atoms with Gasteiger partial charge in [-0.3, -0.25) is 0 Å². The third-order valence-electron chi connectivity index (χ3n) is 1.38. The molecule has 1 aromatic rings. The highest BCUT2D eigenvalue weighted by Crippen LogP contribution is 2.31. The fraction of sp³-hybridized carbons (Fsp3) is 0. The van der Waals surface area contributed by atoms with Crippen molar-refractivity contribution in [3.8, 4) is 0 Å². The quantitative estimate of drug-likeness (QED) is 0.423. The Balaban J connectivity index is 3.02. The molecule has 0 aromatic heterocycles. The smallest absolute Gasteiger partial charge is 0.185 e. The topological polar surface area (TPSA) is 50.1 Å². The molecule has 1 aromatic carbocycles. The zero-order valence-electron chi connectivity index (χ0n) is 6.77. The van der Waals surface area contributed by atoms with Gasteiger partial charge in [0.25, 0.3) is 0 Å². The summed E-state index contributed by atoms with van der Waals surface area (Å²) < 4.78 is 13.3. The number of thiocarbonyl (C=S) groups is 1. The average molecular weight is 299 g/mol. The van der Waals surface area contributed by atoms with Crippen LogP contribution in [0.5, 0.6) is 0 Å². The monoisotopic (exact) mass is 297 g/mol. The minimum atomic E-state index is -0.431. The van der Waals surface area contributed by atoms with E-state index < -0.39 is 5.82 Å². The van der Waals surface area contributed by atoms with E-state index in [-0.39, 0.29) is 10.1 Å². The number of nitrogens with two attached hydrogens (primary N) is 1. The van der Waals surface area contributed by atoms with Crippen LogP contribution in [-0.2, 0) is 0 Å². The summed E-state index contributed by atoms with van der Waals surface area (Å²) in [5.74, 6) is 4.63. The van der Waals surface area contributed by atoms with Gasteiger partial charge in [-0.05, 0) is 40.3 Å². The van der Waals surface area contributed by atoms with E-state index in [1.165, 1.54) is 12.1 Å². The molecule has 7 heteroatoms. The first-order valence-electron chi connectivity index (χ1n) is 3.46. The Hall–Kier alpha value is -0.430. The minimum absolute atomic E-state index is 0.194. The molecule has 4 N–H and O–H groups in total. The van der Waals surface area contributed by atoms with Crippen molar-refractivity contribution in [1.82, 2.24) is 5.43 Å². The number of hydrogen-bond acceptors (Lipinski definition) is 2. The summed E-state index contributed by atoms with van der Waals surface area (Å²) in [4.78, 5) is 0. The molecule has 0 saturated heterocycles. The molecule has 0 aliphatic carbocycles. The van der Waals surface area contributed by atoms with Crippen LogP contribution in [0.1, 0.15) is 0 Å². The SMILES string of the molecule is NNC(=S)Nc1c(Cl)cc(F)cc1Br. The molecule has 0 bridgehead atoms. The fourth-order valence-corrected chi connectivity index (χ4v) is 1.81. The van der Waals surface area contributed by atoms with Crippen molar-refractivity contribution in [2.75, 3.05) is 5.32 Å². The number of anilines is 1. The number of halogens is 3. The Kier molecular flexibility index (Phi) is 4.06. The third kappa shape index (κ3) is 2.78. The van der Waals surface area contributed by atoms with Gasteiger partial charge in [-0.2, -0.15) is 0 Å². The number of hydrazine groups is 1. The van der Waals surface area contributed by atoms with Crippen molar-refractivity contribution in [1.29, 1.82) is 0 Å². The molecule has 0 spiro atoms.